The summed E-state index contributed by atoms with van der Waals surface area (Å²) in [5.74, 6) is -1.95. The number of amides is 2. The van der Waals surface area contributed by atoms with Gasteiger partial charge in [-0.15, -0.1) is 0 Å². The first-order valence-electron chi connectivity index (χ1n) is 6.51. The molecule has 0 unspecified atom stereocenters. The second-order valence-electron chi connectivity index (χ2n) is 4.46. The molecule has 128 valence electrons. The Kier molecular flexibility index (Phi) is 5.69. The molecule has 0 aliphatic heterocycles. The van der Waals surface area contributed by atoms with Crippen molar-refractivity contribution in [1.82, 2.24) is 0 Å². The number of anilines is 2. The minimum atomic E-state index is -0.946. The molecule has 0 radical (unpaired) electrons. The number of rotatable bonds is 4. The highest BCUT2D eigenvalue weighted by Crippen LogP contribution is 2.34. The van der Waals surface area contributed by atoms with Gasteiger partial charge in [0.2, 0.25) is 0 Å². The van der Waals surface area contributed by atoms with E-state index >= 15 is 0 Å². The molecule has 0 spiro atoms. The summed E-state index contributed by atoms with van der Waals surface area (Å²) in [6.07, 6.45) is 0. The highest BCUT2D eigenvalue weighted by molar-refractivity contribution is 6.35. The molecule has 24 heavy (non-hydrogen) atoms. The van der Waals surface area contributed by atoms with E-state index in [0.29, 0.717) is 0 Å². The molecular weight excluding hydrogens is 365 g/mol. The average Bonchev–Trinajstić information content (AvgIpc) is 2.55. The zero-order chi connectivity index (χ0) is 17.9. The maximum Gasteiger partial charge on any atom is 0.323 e. The summed E-state index contributed by atoms with van der Waals surface area (Å²) >= 11 is 11.7. The van der Waals surface area contributed by atoms with E-state index in [1.807, 2.05) is 0 Å². The van der Waals surface area contributed by atoms with Crippen molar-refractivity contribution in [2.24, 2.45) is 0 Å². The number of carbonyl (C=O) groups excluding carboxylic acids is 1. The van der Waals surface area contributed by atoms with Crippen LogP contribution in [0.3, 0.4) is 0 Å². The molecule has 0 aliphatic carbocycles. The first-order chi connectivity index (χ1) is 11.4. The molecule has 2 amide bonds. The Hall–Kier alpha value is -2.25. The third-order valence-electron chi connectivity index (χ3n) is 3.03. The van der Waals surface area contributed by atoms with Gasteiger partial charge in [-0.05, 0) is 24.3 Å². The Morgan fingerprint density at radius 2 is 1.25 bits per heavy atom. The molecule has 2 aromatic rings. The van der Waals surface area contributed by atoms with Crippen LogP contribution in [0.2, 0.25) is 10.0 Å². The van der Waals surface area contributed by atoms with Gasteiger partial charge in [-0.3, -0.25) is 0 Å². The van der Waals surface area contributed by atoms with Crippen LogP contribution in [-0.2, 0) is 0 Å². The fourth-order valence-electron chi connectivity index (χ4n) is 1.87. The van der Waals surface area contributed by atoms with Crippen LogP contribution in [-0.4, -0.2) is 20.3 Å². The summed E-state index contributed by atoms with van der Waals surface area (Å²) in [6, 6.07) is 4.35. The second kappa shape index (κ2) is 7.55. The van der Waals surface area contributed by atoms with Crippen LogP contribution in [0.4, 0.5) is 25.0 Å². The van der Waals surface area contributed by atoms with Crippen LogP contribution >= 0.6 is 23.2 Å². The topological polar surface area (TPSA) is 59.6 Å². The van der Waals surface area contributed by atoms with Crippen molar-refractivity contribution in [2.75, 3.05) is 24.9 Å². The highest BCUT2D eigenvalue weighted by atomic mass is 35.5. The zero-order valence-corrected chi connectivity index (χ0v) is 14.1. The van der Waals surface area contributed by atoms with E-state index in [-0.39, 0.29) is 32.9 Å². The fraction of sp³-hybridized carbons (Fsp3) is 0.133. The molecule has 0 saturated carbocycles. The standard InChI is InChI=1S/C15H12Cl2F2N2O3/c1-23-9-5-3-7(16)13(11(9)18)20-15(22)21-14-8(17)4-6-10(24-2)12(14)19/h3-6H,1-2H3,(H2,20,21,22). The lowest BCUT2D eigenvalue weighted by Crippen LogP contribution is -2.21. The molecule has 0 bridgehead atoms. The van der Waals surface area contributed by atoms with Gasteiger partial charge in [0.05, 0.1) is 24.3 Å². The first-order valence-corrected chi connectivity index (χ1v) is 7.26. The number of carbonyl (C=O) groups is 1. The predicted octanol–water partition coefficient (Wildman–Crippen LogP) is 4.93. The Labute approximate surface area is 146 Å². The Morgan fingerprint density at radius 3 is 1.58 bits per heavy atom. The van der Waals surface area contributed by atoms with Crippen molar-refractivity contribution in [3.05, 3.63) is 45.9 Å². The van der Waals surface area contributed by atoms with E-state index in [1.54, 1.807) is 0 Å². The summed E-state index contributed by atoms with van der Waals surface area (Å²) in [4.78, 5) is 12.0. The smallest absolute Gasteiger partial charge is 0.323 e. The van der Waals surface area contributed by atoms with Crippen LogP contribution in [0.25, 0.3) is 0 Å². The third-order valence-corrected chi connectivity index (χ3v) is 3.66. The lowest BCUT2D eigenvalue weighted by molar-refractivity contribution is 0.262. The van der Waals surface area contributed by atoms with Crippen molar-refractivity contribution < 1.29 is 23.0 Å². The molecule has 5 nitrogen and oxygen atoms in total. The number of methoxy groups -OCH3 is 2. The highest BCUT2D eigenvalue weighted by Gasteiger charge is 2.19. The number of nitrogens with one attached hydrogen (secondary N) is 2. The fourth-order valence-corrected chi connectivity index (χ4v) is 2.26. The van der Waals surface area contributed by atoms with Crippen LogP contribution in [0.1, 0.15) is 0 Å². The quantitative estimate of drug-likeness (QED) is 0.794. The molecule has 0 aromatic heterocycles. The molecule has 0 aliphatic rings. The largest absolute Gasteiger partial charge is 0.494 e. The maximum absolute atomic E-state index is 14.1. The van der Waals surface area contributed by atoms with Gasteiger partial charge >= 0.3 is 6.03 Å². The second-order valence-corrected chi connectivity index (χ2v) is 5.27. The van der Waals surface area contributed by atoms with Crippen LogP contribution < -0.4 is 20.1 Å². The molecule has 0 atom stereocenters. The Balaban J connectivity index is 2.27. The first kappa shape index (κ1) is 18.1. The maximum atomic E-state index is 14.1. The number of urea groups is 1. The van der Waals surface area contributed by atoms with Crippen LogP contribution in [0, 0.1) is 11.6 Å². The molecule has 0 saturated heterocycles. The van der Waals surface area contributed by atoms with E-state index < -0.39 is 17.7 Å². The molecule has 2 aromatic carbocycles. The van der Waals surface area contributed by atoms with Crippen molar-refractivity contribution in [3.63, 3.8) is 0 Å². The number of ether oxygens (including phenoxy) is 2. The van der Waals surface area contributed by atoms with E-state index in [0.717, 1.165) is 0 Å². The number of benzene rings is 2. The SMILES string of the molecule is COc1ccc(Cl)c(NC(=O)Nc2c(Cl)ccc(OC)c2F)c1F. The summed E-state index contributed by atoms with van der Waals surface area (Å²) in [5, 5.41) is 4.27. The normalized spacial score (nSPS) is 10.2. The van der Waals surface area contributed by atoms with Crippen LogP contribution in [0.5, 0.6) is 11.5 Å². The summed E-state index contributed by atoms with van der Waals surface area (Å²) < 4.78 is 37.9. The van der Waals surface area contributed by atoms with Gasteiger partial charge < -0.3 is 20.1 Å². The summed E-state index contributed by atoms with van der Waals surface area (Å²) in [6.45, 7) is 0. The van der Waals surface area contributed by atoms with Gasteiger partial charge in [0, 0.05) is 0 Å². The number of hydrogen-bond acceptors (Lipinski definition) is 3. The number of halogens is 4. The monoisotopic (exact) mass is 376 g/mol. The number of hydrogen-bond donors (Lipinski definition) is 2. The summed E-state index contributed by atoms with van der Waals surface area (Å²) in [5.41, 5.74) is -0.624. The van der Waals surface area contributed by atoms with Crippen molar-refractivity contribution in [1.29, 1.82) is 0 Å². The molecule has 2 rings (SSSR count). The van der Waals surface area contributed by atoms with E-state index in [9.17, 15) is 13.6 Å². The molecule has 9 heteroatoms. The lowest BCUT2D eigenvalue weighted by atomic mass is 10.2. The minimum Gasteiger partial charge on any atom is -0.494 e. The van der Waals surface area contributed by atoms with Crippen LogP contribution in [0.15, 0.2) is 24.3 Å². The van der Waals surface area contributed by atoms with Gasteiger partial charge in [0.15, 0.2) is 23.1 Å². The Morgan fingerprint density at radius 1 is 0.875 bits per heavy atom. The third kappa shape index (κ3) is 3.63. The van der Waals surface area contributed by atoms with Gasteiger partial charge in [-0.25, -0.2) is 13.6 Å². The van der Waals surface area contributed by atoms with Crippen molar-refractivity contribution in [2.45, 2.75) is 0 Å². The molecule has 0 fully saturated rings. The van der Waals surface area contributed by atoms with Gasteiger partial charge in [0.25, 0.3) is 0 Å². The van der Waals surface area contributed by atoms with E-state index in [2.05, 4.69) is 10.6 Å². The predicted molar refractivity (Wildman–Crippen MR) is 88.6 cm³/mol. The van der Waals surface area contributed by atoms with E-state index in [4.69, 9.17) is 32.7 Å². The average molecular weight is 377 g/mol. The minimum absolute atomic E-state index is 0.0549. The van der Waals surface area contributed by atoms with Crippen molar-refractivity contribution in [3.8, 4) is 11.5 Å². The lowest BCUT2D eigenvalue weighted by Gasteiger charge is -2.14. The van der Waals surface area contributed by atoms with Gasteiger partial charge in [-0.2, -0.15) is 0 Å². The van der Waals surface area contributed by atoms with Gasteiger partial charge in [0.1, 0.15) is 11.4 Å². The Bertz CT molecular complexity index is 724. The van der Waals surface area contributed by atoms with Gasteiger partial charge in [-0.1, -0.05) is 23.2 Å². The molecular formula is C15H12Cl2F2N2O3. The van der Waals surface area contributed by atoms with E-state index in [1.165, 1.54) is 38.5 Å². The molecule has 0 heterocycles. The zero-order valence-electron chi connectivity index (χ0n) is 12.5. The van der Waals surface area contributed by atoms with Crippen molar-refractivity contribution >= 4 is 40.6 Å². The molecule has 2 N–H and O–H groups in total. The summed E-state index contributed by atoms with van der Waals surface area (Å²) in [7, 11) is 2.53.